The fraction of sp³-hybridized carbons (Fsp3) is 0.432. The van der Waals surface area contributed by atoms with Gasteiger partial charge in [0.15, 0.2) is 34.0 Å². The molecule has 0 amide bonds. The number of thiophene rings is 3. The fourth-order valence-electron chi connectivity index (χ4n) is 21.1. The smallest absolute Gasteiger partial charge is 0.172 e. The van der Waals surface area contributed by atoms with Crippen LogP contribution >= 0.6 is 34.0 Å². The second-order valence-electron chi connectivity index (χ2n) is 36.6. The average molecular weight is 1720 g/mol. The van der Waals surface area contributed by atoms with Crippen LogP contribution in [0.4, 0.5) is 0 Å². The lowest BCUT2D eigenvalue weighted by Crippen LogP contribution is -2.31. The maximum absolute atomic E-state index is 10.6. The molecule has 3 aliphatic heterocycles. The Balaban J connectivity index is 1.12. The van der Waals surface area contributed by atoms with E-state index in [0.717, 1.165) is 222 Å². The van der Waals surface area contributed by atoms with Crippen LogP contribution < -0.4 is 0 Å². The number of unbranched alkanes of at least 4 members (excludes halogenated alkanes) is 18. The van der Waals surface area contributed by atoms with E-state index in [1.165, 1.54) is 66.8 Å². The molecule has 0 radical (unpaired) electrons. The van der Waals surface area contributed by atoms with Crippen molar-refractivity contribution >= 4 is 52.2 Å². The molecule has 4 aromatic carbocycles. The molecule has 0 spiro atoms. The molecule has 0 N–H and O–H groups in total. The van der Waals surface area contributed by atoms with Crippen LogP contribution in [-0.2, 0) is 30.5 Å². The minimum absolute atomic E-state index is 0.0238. The van der Waals surface area contributed by atoms with Crippen molar-refractivity contribution in [3.8, 4) is 119 Å². The molecule has 13 rings (SSSR count). The van der Waals surface area contributed by atoms with Gasteiger partial charge >= 0.3 is 0 Å². The van der Waals surface area contributed by atoms with Gasteiger partial charge in [-0.15, -0.1) is 34.0 Å². The second-order valence-corrected chi connectivity index (χ2v) is 39.9. The number of benzene rings is 4. The van der Waals surface area contributed by atoms with E-state index < -0.39 is 33.0 Å². The molecular weight excluding hydrogens is 1600 g/mol. The van der Waals surface area contributed by atoms with E-state index in [1.54, 1.807) is 50.7 Å². The highest BCUT2D eigenvalue weighted by Crippen LogP contribution is 2.72. The van der Waals surface area contributed by atoms with E-state index in [1.807, 2.05) is 96.2 Å². The van der Waals surface area contributed by atoms with Crippen molar-refractivity contribution in [3.63, 3.8) is 0 Å². The molecule has 0 bridgehead atoms. The maximum Gasteiger partial charge on any atom is 0.172 e. The van der Waals surface area contributed by atoms with Crippen molar-refractivity contribution in [1.82, 2.24) is 0 Å². The van der Waals surface area contributed by atoms with Gasteiger partial charge in [0.1, 0.15) is 88.1 Å². The molecule has 3 aliphatic carbocycles. The van der Waals surface area contributed by atoms with Gasteiger partial charge < -0.3 is 14.2 Å². The molecule has 642 valence electrons. The van der Waals surface area contributed by atoms with Crippen LogP contribution in [0, 0.1) is 102 Å². The van der Waals surface area contributed by atoms with E-state index in [0.29, 0.717) is 16.7 Å². The number of nitrogens with zero attached hydrogens (tertiary/aromatic N) is 9. The molecule has 0 atom stereocenters. The number of ether oxygens (including phenoxy) is 3. The summed E-state index contributed by atoms with van der Waals surface area (Å²) in [5, 5.41) is 91.7. The normalized spacial score (nSPS) is 16.4. The number of hydrogen-bond acceptors (Lipinski definition) is 15. The average Bonchev–Trinajstić information content (AvgIpc) is 1.48. The molecule has 0 saturated heterocycles. The topological polar surface area (TPSA) is 242 Å². The Labute approximate surface area is 761 Å². The zero-order valence-electron chi connectivity index (χ0n) is 75.8. The Hall–Kier alpha value is -11.6. The summed E-state index contributed by atoms with van der Waals surface area (Å²) in [6.45, 7) is 25.3. The van der Waals surface area contributed by atoms with Crippen molar-refractivity contribution in [1.29, 1.82) is 47.4 Å². The molecule has 3 aromatic heterocycles. The fourth-order valence-corrected chi connectivity index (χ4v) is 23.8. The van der Waals surface area contributed by atoms with Gasteiger partial charge in [-0.3, -0.25) is 0 Å². The molecule has 0 saturated carbocycles. The van der Waals surface area contributed by atoms with Gasteiger partial charge in [-0.1, -0.05) is 250 Å². The van der Waals surface area contributed by atoms with Crippen LogP contribution in [0.5, 0.6) is 0 Å². The Kier molecular flexibility index (Phi) is 29.2. The van der Waals surface area contributed by atoms with E-state index in [9.17, 15) is 47.4 Å². The Morgan fingerprint density at radius 1 is 0.294 bits per heavy atom. The first-order valence-corrected chi connectivity index (χ1v) is 48.7. The molecule has 15 heteroatoms. The Bertz CT molecular complexity index is 5420. The standard InChI is InChI=1S/C111H117N9O3S3/c1-13-19-25-31-55-109(56-32-26-20-14-2)91-61-73(94-52-43-79(124-94)40-49-88-85(70-118)103(76(64-112)65-113)121-106(88,7)8)37-46-82(91)97-100(109)98-83-47-38-74(95-53-44-80(125-95)41-50-89-86(71-119)104(77(66-114)67-115)122-107(89,9)10)62-92(83)110(57-33-27-21-15-3,58-34-28-22-16-4)102(98)99-84-48-39-75(63-93(84)111(101(97)99,59-35-29-23-17-5)60-36-30-24-18-6)96-54-45-81(126-96)42-51-90-87(72-120)105(78(68-116)69-117)123-108(90,11)12/h37-54,61-63H,13-36,55-60H2,1-12H3/b49-40+,50-41+,51-42+. The third-order valence-electron chi connectivity index (χ3n) is 27.3. The number of fused-ring (bicyclic) bond motifs is 12. The first kappa shape index (κ1) is 92.1. The van der Waals surface area contributed by atoms with Crippen LogP contribution in [0.1, 0.15) is 324 Å². The highest BCUT2D eigenvalue weighted by molar-refractivity contribution is 7.17. The summed E-state index contributed by atoms with van der Waals surface area (Å²) in [5.41, 5.74) is 18.8. The zero-order chi connectivity index (χ0) is 89.7. The third kappa shape index (κ3) is 17.5. The number of hydrogen-bond donors (Lipinski definition) is 0. The first-order chi connectivity index (χ1) is 61.0. The van der Waals surface area contributed by atoms with E-state index in [4.69, 9.17) is 14.2 Å². The van der Waals surface area contributed by atoms with Crippen molar-refractivity contribution in [2.45, 2.75) is 309 Å². The molecule has 6 heterocycles. The SMILES string of the molecule is CCCCCCC1(CCCCCC)c2cc(-c3ccc(/C=C/C4=C(C#N)C(=C(C#N)C#N)OC4(C)C)s3)ccc2-c2c1c1c(c3c2C(CCCCCC)(CCCCCC)c2cc(-c4ccc(/C=C/C5=C(C#N)C(=C(C#N)C#N)OC5(C)C)s4)ccc2-3)C(CCCCCC)(CCCCCC)c2cc(-c3ccc(/C=C/C4=C(C#N)C(=C(C#N)C#N)OC4(C)C)s3)ccc2-1. The Morgan fingerprint density at radius 3 is 0.730 bits per heavy atom. The van der Waals surface area contributed by atoms with Crippen LogP contribution in [0.15, 0.2) is 177 Å². The van der Waals surface area contributed by atoms with Crippen LogP contribution in [0.2, 0.25) is 0 Å². The minimum Gasteiger partial charge on any atom is -0.480 e. The first-order valence-electron chi connectivity index (χ1n) is 46.3. The summed E-state index contributed by atoms with van der Waals surface area (Å²) < 4.78 is 18.7. The van der Waals surface area contributed by atoms with Gasteiger partial charge in [-0.2, -0.15) is 47.4 Å². The zero-order valence-corrected chi connectivity index (χ0v) is 78.3. The number of allylic oxidation sites excluding steroid dienone is 6. The van der Waals surface area contributed by atoms with Gasteiger partial charge in [0.25, 0.3) is 0 Å². The molecule has 7 aromatic rings. The van der Waals surface area contributed by atoms with Crippen molar-refractivity contribution in [3.05, 3.63) is 225 Å². The quantitative estimate of drug-likeness (QED) is 0.0258. The second kappa shape index (κ2) is 40.0. The van der Waals surface area contributed by atoms with Gasteiger partial charge in [0, 0.05) is 62.2 Å². The van der Waals surface area contributed by atoms with Crippen molar-refractivity contribution in [2.75, 3.05) is 0 Å². The summed E-state index contributed by atoms with van der Waals surface area (Å²) in [5.74, 6) is 0.0714. The van der Waals surface area contributed by atoms with Gasteiger partial charge in [-0.25, -0.2) is 0 Å². The lowest BCUT2D eigenvalue weighted by Gasteiger charge is -2.40. The van der Waals surface area contributed by atoms with E-state index >= 15 is 0 Å². The molecular formula is C111H117N9O3S3. The van der Waals surface area contributed by atoms with Crippen molar-refractivity contribution in [2.24, 2.45) is 0 Å². The lowest BCUT2D eigenvalue weighted by molar-refractivity contribution is 0.0951. The van der Waals surface area contributed by atoms with Gasteiger partial charge in [-0.05, 0) is 236 Å². The number of rotatable bonds is 39. The largest absolute Gasteiger partial charge is 0.480 e. The molecule has 6 aliphatic rings. The van der Waals surface area contributed by atoms with Gasteiger partial charge in [0.2, 0.25) is 0 Å². The van der Waals surface area contributed by atoms with Crippen LogP contribution in [0.3, 0.4) is 0 Å². The molecule has 0 unspecified atom stereocenters. The minimum atomic E-state index is -0.965. The highest BCUT2D eigenvalue weighted by atomic mass is 32.1. The predicted octanol–water partition coefficient (Wildman–Crippen LogP) is 31.3. The predicted molar refractivity (Wildman–Crippen MR) is 513 cm³/mol. The highest BCUT2D eigenvalue weighted by Gasteiger charge is 2.58. The molecule has 126 heavy (non-hydrogen) atoms. The molecule has 0 fully saturated rings. The summed E-state index contributed by atoms with van der Waals surface area (Å²) in [6.07, 6.45) is 44.9. The third-order valence-corrected chi connectivity index (χ3v) is 30.6. The summed E-state index contributed by atoms with van der Waals surface area (Å²) in [7, 11) is 0. The van der Waals surface area contributed by atoms with E-state index in [2.05, 4.69) is 169 Å². The van der Waals surface area contributed by atoms with Crippen LogP contribution in [-0.4, -0.2) is 16.8 Å². The summed E-state index contributed by atoms with van der Waals surface area (Å²) >= 11 is 5.20. The number of nitriles is 9. The maximum atomic E-state index is 10.6. The van der Waals surface area contributed by atoms with Crippen LogP contribution in [0.25, 0.3) is 82.9 Å². The van der Waals surface area contributed by atoms with E-state index in [-0.39, 0.29) is 50.7 Å². The van der Waals surface area contributed by atoms with Gasteiger partial charge in [0.05, 0.1) is 0 Å². The summed E-state index contributed by atoms with van der Waals surface area (Å²) in [4.78, 5) is 6.44. The molecule has 12 nitrogen and oxygen atoms in total. The van der Waals surface area contributed by atoms with Crippen molar-refractivity contribution < 1.29 is 14.2 Å². The Morgan fingerprint density at radius 2 is 0.524 bits per heavy atom. The lowest BCUT2D eigenvalue weighted by atomic mass is 9.63. The summed E-state index contributed by atoms with van der Waals surface area (Å²) in [6, 6.07) is 54.9. The monoisotopic (exact) mass is 1720 g/mol.